The number of nitriles is 1. The van der Waals surface area contributed by atoms with Gasteiger partial charge in [0.25, 0.3) is 5.69 Å². The number of para-hydroxylation sites is 1. The lowest BCUT2D eigenvalue weighted by Crippen LogP contribution is -2.48. The van der Waals surface area contributed by atoms with Crippen molar-refractivity contribution in [3.63, 3.8) is 0 Å². The summed E-state index contributed by atoms with van der Waals surface area (Å²) in [4.78, 5) is 39.9. The summed E-state index contributed by atoms with van der Waals surface area (Å²) < 4.78 is 5.15. The molecule has 2 heterocycles. The second-order valence-corrected chi connectivity index (χ2v) is 9.63. The third kappa shape index (κ3) is 3.27. The van der Waals surface area contributed by atoms with Crippen molar-refractivity contribution in [3.05, 3.63) is 75.8 Å². The number of benzene rings is 2. The summed E-state index contributed by atoms with van der Waals surface area (Å²) in [5.74, 6) is -1.81. The maximum Gasteiger partial charge on any atom is 0.329 e. The van der Waals surface area contributed by atoms with Gasteiger partial charge in [0.05, 0.1) is 30.2 Å². The second-order valence-electron chi connectivity index (χ2n) is 9.63. The van der Waals surface area contributed by atoms with Crippen LogP contribution in [-0.4, -0.2) is 35.9 Å². The lowest BCUT2D eigenvalue weighted by Gasteiger charge is -2.37. The molecule has 0 bridgehead atoms. The zero-order valence-corrected chi connectivity index (χ0v) is 19.4. The fourth-order valence-corrected chi connectivity index (χ4v) is 5.16. The Balaban J connectivity index is 2.04. The van der Waals surface area contributed by atoms with Gasteiger partial charge in [-0.1, -0.05) is 63.3 Å². The highest BCUT2D eigenvalue weighted by atomic mass is 16.6. The summed E-state index contributed by atoms with van der Waals surface area (Å²) in [5.41, 5.74) is -0.562. The van der Waals surface area contributed by atoms with Gasteiger partial charge in [-0.3, -0.25) is 19.7 Å². The minimum absolute atomic E-state index is 0.121. The van der Waals surface area contributed by atoms with Crippen LogP contribution in [0.4, 0.5) is 11.4 Å². The van der Waals surface area contributed by atoms with E-state index in [9.17, 15) is 25.0 Å². The number of non-ortho nitro benzene ring substituents is 1. The Bertz CT molecular complexity index is 1240. The van der Waals surface area contributed by atoms with Crippen molar-refractivity contribution in [2.45, 2.75) is 38.8 Å². The summed E-state index contributed by atoms with van der Waals surface area (Å²) in [6, 6.07) is 13.8. The molecule has 0 unspecified atom stereocenters. The van der Waals surface area contributed by atoms with E-state index >= 15 is 0 Å². The number of methoxy groups -OCH3 is 1. The molecule has 2 aliphatic heterocycles. The fraction of sp³-hybridized carbons (Fsp3) is 0.346. The van der Waals surface area contributed by atoms with E-state index in [-0.39, 0.29) is 11.5 Å². The molecule has 2 aromatic carbocycles. The van der Waals surface area contributed by atoms with E-state index in [0.717, 1.165) is 11.3 Å². The number of ketones is 1. The summed E-state index contributed by atoms with van der Waals surface area (Å²) >= 11 is 0. The van der Waals surface area contributed by atoms with Crippen LogP contribution in [0.2, 0.25) is 0 Å². The predicted molar refractivity (Wildman–Crippen MR) is 126 cm³/mol. The first-order chi connectivity index (χ1) is 16.1. The standard InChI is InChI=1S/C26H25N3O5/c1-25(2,3)23(30)22-21(17-9-12-18(13-10-17)29(32)33)26(15-27,24(31)34-4)20-14-11-16-7-5-6-8-19(16)28(20)22/h5-14,20-22H,1-4H3/t20-,21-,22+,26+/m0/s1. The third-order valence-corrected chi connectivity index (χ3v) is 6.72. The number of Topliss-reactive ketones (excluding diaryl/α,β-unsaturated/α-hetero) is 1. The Kier molecular flexibility index (Phi) is 5.52. The van der Waals surface area contributed by atoms with Crippen LogP contribution >= 0.6 is 0 Å². The van der Waals surface area contributed by atoms with Gasteiger partial charge in [0, 0.05) is 29.2 Å². The third-order valence-electron chi connectivity index (χ3n) is 6.72. The fourth-order valence-electron chi connectivity index (χ4n) is 5.16. The average Bonchev–Trinajstić information content (AvgIpc) is 3.13. The van der Waals surface area contributed by atoms with Gasteiger partial charge in [-0.15, -0.1) is 0 Å². The topological polar surface area (TPSA) is 114 Å². The van der Waals surface area contributed by atoms with Crippen LogP contribution < -0.4 is 4.90 Å². The molecule has 0 spiro atoms. The van der Waals surface area contributed by atoms with E-state index in [4.69, 9.17) is 4.74 Å². The quantitative estimate of drug-likeness (QED) is 0.381. The SMILES string of the molecule is COC(=O)[C@]1(C#N)[C@@H]2C=Cc3ccccc3N2[C@@H](C(=O)C(C)(C)C)[C@@H]1c1ccc([N+](=O)[O-])cc1. The molecule has 2 aliphatic rings. The first kappa shape index (κ1) is 23.2. The van der Waals surface area contributed by atoms with Crippen molar-refractivity contribution in [2.24, 2.45) is 10.8 Å². The van der Waals surface area contributed by atoms with Crippen LogP contribution in [-0.2, 0) is 14.3 Å². The zero-order valence-electron chi connectivity index (χ0n) is 19.4. The Morgan fingerprint density at radius 2 is 1.79 bits per heavy atom. The molecule has 4 atom stereocenters. The number of esters is 1. The second kappa shape index (κ2) is 8.10. The number of ether oxygens (including phenoxy) is 1. The van der Waals surface area contributed by atoms with Crippen LogP contribution in [0, 0.1) is 32.3 Å². The molecule has 8 nitrogen and oxygen atoms in total. The van der Waals surface area contributed by atoms with Gasteiger partial charge < -0.3 is 9.64 Å². The molecule has 0 amide bonds. The van der Waals surface area contributed by atoms with Gasteiger partial charge in [-0.25, -0.2) is 0 Å². The van der Waals surface area contributed by atoms with E-state index in [0.29, 0.717) is 5.56 Å². The summed E-state index contributed by atoms with van der Waals surface area (Å²) in [6.45, 7) is 5.40. The van der Waals surface area contributed by atoms with Crippen molar-refractivity contribution >= 4 is 29.2 Å². The molecule has 174 valence electrons. The minimum Gasteiger partial charge on any atom is -0.468 e. The van der Waals surface area contributed by atoms with E-state index in [1.807, 2.05) is 35.2 Å². The van der Waals surface area contributed by atoms with Crippen LogP contribution in [0.5, 0.6) is 0 Å². The van der Waals surface area contributed by atoms with E-state index < -0.39 is 39.7 Å². The number of nitro benzene ring substituents is 1. The molecule has 0 radical (unpaired) electrons. The van der Waals surface area contributed by atoms with Crippen LogP contribution in [0.25, 0.3) is 6.08 Å². The molecule has 0 N–H and O–H groups in total. The normalized spacial score (nSPS) is 25.1. The van der Waals surface area contributed by atoms with Gasteiger partial charge in [0.1, 0.15) is 0 Å². The van der Waals surface area contributed by atoms with E-state index in [1.54, 1.807) is 26.8 Å². The number of hydrogen-bond acceptors (Lipinski definition) is 7. The highest BCUT2D eigenvalue weighted by Crippen LogP contribution is 2.57. The monoisotopic (exact) mass is 459 g/mol. The van der Waals surface area contributed by atoms with Gasteiger partial charge in [0.15, 0.2) is 11.2 Å². The number of anilines is 1. The molecular weight excluding hydrogens is 434 g/mol. The predicted octanol–water partition coefficient (Wildman–Crippen LogP) is 4.26. The highest BCUT2D eigenvalue weighted by molar-refractivity contribution is 5.99. The lowest BCUT2D eigenvalue weighted by atomic mass is 9.67. The smallest absolute Gasteiger partial charge is 0.329 e. The Labute approximate surface area is 197 Å². The Morgan fingerprint density at radius 3 is 2.35 bits per heavy atom. The van der Waals surface area contributed by atoms with Crippen molar-refractivity contribution in [2.75, 3.05) is 12.0 Å². The van der Waals surface area contributed by atoms with Crippen LogP contribution in [0.3, 0.4) is 0 Å². The molecule has 0 aromatic heterocycles. The van der Waals surface area contributed by atoms with Gasteiger partial charge in [-0.2, -0.15) is 5.26 Å². The van der Waals surface area contributed by atoms with E-state index in [1.165, 1.54) is 31.4 Å². The molecule has 0 aliphatic carbocycles. The van der Waals surface area contributed by atoms with Gasteiger partial charge >= 0.3 is 5.97 Å². The molecule has 2 aromatic rings. The number of nitrogens with zero attached hydrogens (tertiary/aromatic N) is 3. The number of fused-ring (bicyclic) bond motifs is 3. The molecule has 1 saturated heterocycles. The summed E-state index contributed by atoms with van der Waals surface area (Å²) in [7, 11) is 1.22. The molecule has 0 saturated carbocycles. The average molecular weight is 460 g/mol. The van der Waals surface area contributed by atoms with Crippen molar-refractivity contribution in [3.8, 4) is 6.07 Å². The van der Waals surface area contributed by atoms with E-state index in [2.05, 4.69) is 6.07 Å². The molecular formula is C26H25N3O5. The van der Waals surface area contributed by atoms with Crippen molar-refractivity contribution < 1.29 is 19.2 Å². The Morgan fingerprint density at radius 1 is 1.15 bits per heavy atom. The van der Waals surface area contributed by atoms with Crippen LogP contribution in [0.15, 0.2) is 54.6 Å². The maximum atomic E-state index is 14.0. The van der Waals surface area contributed by atoms with Crippen molar-refractivity contribution in [1.82, 2.24) is 0 Å². The minimum atomic E-state index is -1.75. The number of carbonyl (C=O) groups excluding carboxylic acids is 2. The molecule has 1 fully saturated rings. The molecule has 8 heteroatoms. The summed E-state index contributed by atoms with van der Waals surface area (Å²) in [6.07, 6.45) is 3.62. The number of hydrogen-bond donors (Lipinski definition) is 0. The Hall–Kier alpha value is -3.99. The van der Waals surface area contributed by atoms with Crippen molar-refractivity contribution in [1.29, 1.82) is 5.26 Å². The summed E-state index contributed by atoms with van der Waals surface area (Å²) in [5, 5.41) is 21.8. The lowest BCUT2D eigenvalue weighted by molar-refractivity contribution is -0.384. The first-order valence-electron chi connectivity index (χ1n) is 10.9. The van der Waals surface area contributed by atoms with Gasteiger partial charge in [-0.05, 0) is 17.2 Å². The number of nitro groups is 1. The molecule has 34 heavy (non-hydrogen) atoms. The zero-order chi connectivity index (χ0) is 24.8. The number of rotatable bonds is 4. The van der Waals surface area contributed by atoms with Gasteiger partial charge in [0.2, 0.25) is 0 Å². The maximum absolute atomic E-state index is 14.0. The highest BCUT2D eigenvalue weighted by Gasteiger charge is 2.67. The molecule has 4 rings (SSSR count). The number of carbonyl (C=O) groups is 2. The first-order valence-corrected chi connectivity index (χ1v) is 10.9. The van der Waals surface area contributed by atoms with Crippen LogP contribution in [0.1, 0.15) is 37.8 Å². The largest absolute Gasteiger partial charge is 0.468 e.